The first-order valence-electron chi connectivity index (χ1n) is 6.79. The van der Waals surface area contributed by atoms with Crippen LogP contribution in [0.3, 0.4) is 0 Å². The van der Waals surface area contributed by atoms with Crippen molar-refractivity contribution in [1.29, 1.82) is 0 Å². The molecule has 0 saturated heterocycles. The van der Waals surface area contributed by atoms with Crippen molar-refractivity contribution in [3.05, 3.63) is 42.7 Å². The highest BCUT2D eigenvalue weighted by Crippen LogP contribution is 2.71. The van der Waals surface area contributed by atoms with E-state index in [4.69, 9.17) is 0 Å². The third kappa shape index (κ3) is 1.76. The molecule has 1 saturated carbocycles. The largest absolute Gasteiger partial charge is 0.326 e. The summed E-state index contributed by atoms with van der Waals surface area (Å²) in [5, 5.41) is 3.40. The van der Waals surface area contributed by atoms with Gasteiger partial charge in [0.05, 0.1) is 0 Å². The van der Waals surface area contributed by atoms with Crippen LogP contribution >= 0.6 is 0 Å². The Bertz CT molecular complexity index is 567. The highest BCUT2D eigenvalue weighted by molar-refractivity contribution is 5.53. The van der Waals surface area contributed by atoms with Crippen molar-refractivity contribution < 1.29 is 0 Å². The summed E-state index contributed by atoms with van der Waals surface area (Å²) in [4.78, 5) is 4.46. The summed E-state index contributed by atoms with van der Waals surface area (Å²) >= 11 is 0. The first-order valence-corrected chi connectivity index (χ1v) is 6.79. The molecular weight excluding hydrogens is 234 g/mol. The van der Waals surface area contributed by atoms with Crippen LogP contribution in [0.15, 0.2) is 42.7 Å². The number of rotatable bonds is 3. The van der Waals surface area contributed by atoms with Crippen molar-refractivity contribution in [2.45, 2.75) is 33.7 Å². The van der Waals surface area contributed by atoms with Crippen LogP contribution in [0.2, 0.25) is 0 Å². The van der Waals surface area contributed by atoms with E-state index >= 15 is 0 Å². The van der Waals surface area contributed by atoms with E-state index in [9.17, 15) is 0 Å². The number of nitrogens with zero attached hydrogens (tertiary/aromatic N) is 2. The van der Waals surface area contributed by atoms with Gasteiger partial charge in [0.25, 0.3) is 0 Å². The minimum Gasteiger partial charge on any atom is -0.326 e. The lowest BCUT2D eigenvalue weighted by atomic mass is 10.0. The Labute approximate surface area is 114 Å². The van der Waals surface area contributed by atoms with Crippen molar-refractivity contribution in [3.8, 4) is 0 Å². The highest BCUT2D eigenvalue weighted by atomic mass is 15.3. The molecule has 0 amide bonds. The molecule has 0 bridgehead atoms. The Balaban J connectivity index is 1.89. The van der Waals surface area contributed by atoms with Crippen LogP contribution in [-0.4, -0.2) is 9.55 Å². The maximum Gasteiger partial charge on any atom is 0.207 e. The van der Waals surface area contributed by atoms with E-state index in [1.165, 1.54) is 0 Å². The minimum atomic E-state index is 0.306. The molecule has 0 unspecified atom stereocenters. The molecule has 3 rings (SSSR count). The van der Waals surface area contributed by atoms with Gasteiger partial charge in [-0.2, -0.15) is 0 Å². The fourth-order valence-corrected chi connectivity index (χ4v) is 3.13. The van der Waals surface area contributed by atoms with E-state index in [0.29, 0.717) is 16.9 Å². The zero-order chi connectivity index (χ0) is 13.7. The van der Waals surface area contributed by atoms with E-state index in [1.54, 1.807) is 0 Å². The molecule has 1 heterocycles. The highest BCUT2D eigenvalue weighted by Gasteiger charge is 2.66. The van der Waals surface area contributed by atoms with E-state index < -0.39 is 0 Å². The van der Waals surface area contributed by atoms with Crippen LogP contribution < -0.4 is 5.32 Å². The SMILES string of the molecule is CC1(C)C(n2ccnc2Nc2ccccc2)C1(C)C. The third-order valence-corrected chi connectivity index (χ3v) is 4.92. The number of aromatic nitrogens is 2. The number of benzene rings is 1. The second-order valence-electron chi connectivity index (χ2n) is 6.50. The van der Waals surface area contributed by atoms with Crippen molar-refractivity contribution in [1.82, 2.24) is 9.55 Å². The average Bonchev–Trinajstić information content (AvgIpc) is 2.68. The molecule has 1 aromatic heterocycles. The topological polar surface area (TPSA) is 29.9 Å². The van der Waals surface area contributed by atoms with Gasteiger partial charge in [0.15, 0.2) is 0 Å². The van der Waals surface area contributed by atoms with Gasteiger partial charge < -0.3 is 9.88 Å². The van der Waals surface area contributed by atoms with Gasteiger partial charge in [-0.3, -0.25) is 0 Å². The molecule has 1 fully saturated rings. The molecule has 1 aliphatic rings. The lowest BCUT2D eigenvalue weighted by Gasteiger charge is -2.11. The molecule has 1 aliphatic carbocycles. The van der Waals surface area contributed by atoms with Gasteiger partial charge in [0.2, 0.25) is 5.95 Å². The maximum atomic E-state index is 4.46. The summed E-state index contributed by atoms with van der Waals surface area (Å²) in [6, 6.07) is 10.7. The molecular formula is C16H21N3. The standard InChI is InChI=1S/C16H21N3/c1-15(2)13(16(15,3)4)19-11-10-17-14(19)18-12-8-6-5-7-9-12/h5-11,13H,1-4H3,(H,17,18). The van der Waals surface area contributed by atoms with Crippen molar-refractivity contribution in [2.75, 3.05) is 5.32 Å². The van der Waals surface area contributed by atoms with Gasteiger partial charge >= 0.3 is 0 Å². The zero-order valence-electron chi connectivity index (χ0n) is 12.0. The lowest BCUT2D eigenvalue weighted by molar-refractivity contribution is 0.457. The molecule has 19 heavy (non-hydrogen) atoms. The second-order valence-corrected chi connectivity index (χ2v) is 6.50. The third-order valence-electron chi connectivity index (χ3n) is 4.92. The van der Waals surface area contributed by atoms with E-state index in [0.717, 1.165) is 11.6 Å². The molecule has 2 aromatic rings. The Morgan fingerprint density at radius 3 is 2.26 bits per heavy atom. The quantitative estimate of drug-likeness (QED) is 0.889. The normalized spacial score (nSPS) is 20.2. The predicted octanol–water partition coefficient (Wildman–Crippen LogP) is 4.23. The molecule has 0 spiro atoms. The first kappa shape index (κ1) is 12.3. The molecule has 3 nitrogen and oxygen atoms in total. The molecule has 3 heteroatoms. The molecule has 0 atom stereocenters. The number of imidazole rings is 1. The minimum absolute atomic E-state index is 0.306. The van der Waals surface area contributed by atoms with Gasteiger partial charge in [0, 0.05) is 24.1 Å². The summed E-state index contributed by atoms with van der Waals surface area (Å²) < 4.78 is 2.27. The Morgan fingerprint density at radius 2 is 1.68 bits per heavy atom. The van der Waals surface area contributed by atoms with Crippen LogP contribution in [0.25, 0.3) is 0 Å². The second kappa shape index (κ2) is 3.86. The van der Waals surface area contributed by atoms with Gasteiger partial charge in [-0.1, -0.05) is 45.9 Å². The monoisotopic (exact) mass is 255 g/mol. The van der Waals surface area contributed by atoms with Gasteiger partial charge in [-0.15, -0.1) is 0 Å². The predicted molar refractivity (Wildman–Crippen MR) is 78.6 cm³/mol. The summed E-state index contributed by atoms with van der Waals surface area (Å²) in [5.74, 6) is 0.926. The van der Waals surface area contributed by atoms with Gasteiger partial charge in [-0.05, 0) is 23.0 Å². The average molecular weight is 255 g/mol. The van der Waals surface area contributed by atoms with Crippen molar-refractivity contribution in [2.24, 2.45) is 10.8 Å². The summed E-state index contributed by atoms with van der Waals surface area (Å²) in [5.41, 5.74) is 1.69. The van der Waals surface area contributed by atoms with E-state index in [2.05, 4.69) is 60.9 Å². The zero-order valence-corrected chi connectivity index (χ0v) is 12.0. The van der Waals surface area contributed by atoms with Gasteiger partial charge in [0.1, 0.15) is 0 Å². The number of anilines is 2. The van der Waals surface area contributed by atoms with E-state index in [1.807, 2.05) is 24.4 Å². The summed E-state index contributed by atoms with van der Waals surface area (Å²) in [7, 11) is 0. The summed E-state index contributed by atoms with van der Waals surface area (Å²) in [6.07, 6.45) is 3.95. The van der Waals surface area contributed by atoms with E-state index in [-0.39, 0.29) is 0 Å². The van der Waals surface area contributed by atoms with Crippen molar-refractivity contribution in [3.63, 3.8) is 0 Å². The van der Waals surface area contributed by atoms with Crippen LogP contribution in [0.5, 0.6) is 0 Å². The van der Waals surface area contributed by atoms with Gasteiger partial charge in [-0.25, -0.2) is 4.98 Å². The van der Waals surface area contributed by atoms with Crippen LogP contribution in [0.1, 0.15) is 33.7 Å². The first-order chi connectivity index (χ1) is 8.94. The number of hydrogen-bond acceptors (Lipinski definition) is 2. The molecule has 100 valence electrons. The fourth-order valence-electron chi connectivity index (χ4n) is 3.13. The lowest BCUT2D eigenvalue weighted by Crippen LogP contribution is -2.05. The molecule has 0 aliphatic heterocycles. The Morgan fingerprint density at radius 1 is 1.05 bits per heavy atom. The van der Waals surface area contributed by atoms with Crippen LogP contribution in [-0.2, 0) is 0 Å². The summed E-state index contributed by atoms with van der Waals surface area (Å²) in [6.45, 7) is 9.29. The Hall–Kier alpha value is -1.77. The maximum absolute atomic E-state index is 4.46. The number of hydrogen-bond donors (Lipinski definition) is 1. The van der Waals surface area contributed by atoms with Crippen molar-refractivity contribution >= 4 is 11.6 Å². The molecule has 1 N–H and O–H groups in total. The molecule has 1 aromatic carbocycles. The fraction of sp³-hybridized carbons (Fsp3) is 0.438. The smallest absolute Gasteiger partial charge is 0.207 e. The Kier molecular flexibility index (Phi) is 2.49. The number of nitrogens with one attached hydrogen (secondary N) is 1. The van der Waals surface area contributed by atoms with Crippen LogP contribution in [0, 0.1) is 10.8 Å². The van der Waals surface area contributed by atoms with Crippen LogP contribution in [0.4, 0.5) is 11.6 Å². The number of para-hydroxylation sites is 1. The molecule has 0 radical (unpaired) electrons.